The molecule has 5 nitrogen and oxygen atoms in total. The number of anilines is 2. The highest BCUT2D eigenvalue weighted by molar-refractivity contribution is 5.95. The summed E-state index contributed by atoms with van der Waals surface area (Å²) in [7, 11) is 1.36. The molecule has 0 atom stereocenters. The van der Waals surface area contributed by atoms with Crippen LogP contribution in [0.15, 0.2) is 12.3 Å². The number of esters is 1. The summed E-state index contributed by atoms with van der Waals surface area (Å²) in [6, 6.07) is 1.73. The van der Waals surface area contributed by atoms with Gasteiger partial charge >= 0.3 is 5.97 Å². The average molecular weight is 263 g/mol. The van der Waals surface area contributed by atoms with Gasteiger partial charge in [0.2, 0.25) is 0 Å². The first-order valence-corrected chi connectivity index (χ1v) is 6.74. The number of hydrogen-bond donors (Lipinski definition) is 1. The maximum absolute atomic E-state index is 11.6. The number of carbonyl (C=O) groups excluding carboxylic acids is 1. The molecule has 0 amide bonds. The Kier molecular flexibility index (Phi) is 4.24. The van der Waals surface area contributed by atoms with Gasteiger partial charge in [-0.25, -0.2) is 9.78 Å². The summed E-state index contributed by atoms with van der Waals surface area (Å²) in [5, 5.41) is 0. The van der Waals surface area contributed by atoms with Gasteiger partial charge in [0.15, 0.2) is 0 Å². The highest BCUT2D eigenvalue weighted by Crippen LogP contribution is 2.25. The Morgan fingerprint density at radius 3 is 2.79 bits per heavy atom. The van der Waals surface area contributed by atoms with E-state index in [-0.39, 0.29) is 0 Å². The number of methoxy groups -OCH3 is 1. The van der Waals surface area contributed by atoms with Gasteiger partial charge in [-0.3, -0.25) is 0 Å². The number of rotatable bonds is 3. The number of aromatic nitrogens is 1. The van der Waals surface area contributed by atoms with E-state index in [0.717, 1.165) is 24.8 Å². The molecule has 0 aromatic carbocycles. The number of nitrogen functional groups attached to an aromatic ring is 1. The lowest BCUT2D eigenvalue weighted by Crippen LogP contribution is -2.34. The molecule has 2 rings (SSSR count). The van der Waals surface area contributed by atoms with Crippen molar-refractivity contribution < 1.29 is 9.53 Å². The van der Waals surface area contributed by atoms with Gasteiger partial charge in [-0.2, -0.15) is 0 Å². The first-order valence-electron chi connectivity index (χ1n) is 6.74. The van der Waals surface area contributed by atoms with E-state index < -0.39 is 5.97 Å². The molecule has 104 valence electrons. The molecule has 1 aromatic heterocycles. The van der Waals surface area contributed by atoms with E-state index in [1.807, 2.05) is 0 Å². The summed E-state index contributed by atoms with van der Waals surface area (Å²) in [5.74, 6) is 1.21. The largest absolute Gasteiger partial charge is 0.465 e. The number of ether oxygens (including phenoxy) is 1. The van der Waals surface area contributed by atoms with E-state index in [9.17, 15) is 4.79 Å². The fourth-order valence-corrected chi connectivity index (χ4v) is 2.48. The van der Waals surface area contributed by atoms with E-state index in [4.69, 9.17) is 10.5 Å². The fraction of sp³-hybridized carbons (Fsp3) is 0.571. The Morgan fingerprint density at radius 2 is 2.21 bits per heavy atom. The summed E-state index contributed by atoms with van der Waals surface area (Å²) < 4.78 is 4.73. The predicted octanol–water partition coefficient (Wildman–Crippen LogP) is 2.08. The molecule has 1 aromatic rings. The molecule has 1 aliphatic rings. The second kappa shape index (κ2) is 5.91. The zero-order valence-corrected chi connectivity index (χ0v) is 11.6. The molecule has 0 bridgehead atoms. The molecule has 2 N–H and O–H groups in total. The molecule has 19 heavy (non-hydrogen) atoms. The highest BCUT2D eigenvalue weighted by atomic mass is 16.5. The topological polar surface area (TPSA) is 68.5 Å². The van der Waals surface area contributed by atoms with Crippen LogP contribution in [-0.4, -0.2) is 31.2 Å². The maximum atomic E-state index is 11.6. The number of nitrogens with zero attached hydrogens (tertiary/aromatic N) is 2. The molecule has 0 spiro atoms. The van der Waals surface area contributed by atoms with Gasteiger partial charge in [0, 0.05) is 13.1 Å². The standard InChI is InChI=1S/C14H21N3O2/c1-3-10-4-6-17(7-5-10)13-8-11(14(18)19-2)12(15)9-16-13/h8-10H,3-7,15H2,1-2H3. The molecular weight excluding hydrogens is 242 g/mol. The van der Waals surface area contributed by atoms with E-state index >= 15 is 0 Å². The number of carbonyl (C=O) groups is 1. The van der Waals surface area contributed by atoms with E-state index in [1.54, 1.807) is 6.07 Å². The van der Waals surface area contributed by atoms with Crippen LogP contribution in [0, 0.1) is 5.92 Å². The van der Waals surface area contributed by atoms with Crippen molar-refractivity contribution in [3.8, 4) is 0 Å². The van der Waals surface area contributed by atoms with Crippen LogP contribution in [0.5, 0.6) is 0 Å². The third-order valence-electron chi connectivity index (χ3n) is 3.84. The van der Waals surface area contributed by atoms with Crippen LogP contribution in [-0.2, 0) is 4.74 Å². The van der Waals surface area contributed by atoms with Crippen molar-refractivity contribution in [3.63, 3.8) is 0 Å². The van der Waals surface area contributed by atoms with Crippen LogP contribution in [0.3, 0.4) is 0 Å². The molecule has 0 saturated carbocycles. The van der Waals surface area contributed by atoms with Crippen LogP contribution in [0.1, 0.15) is 36.5 Å². The first kappa shape index (κ1) is 13.6. The molecule has 1 aliphatic heterocycles. The normalized spacial score (nSPS) is 16.4. The summed E-state index contributed by atoms with van der Waals surface area (Å²) in [4.78, 5) is 18.1. The van der Waals surface area contributed by atoms with Crippen molar-refractivity contribution >= 4 is 17.5 Å². The van der Waals surface area contributed by atoms with Crippen molar-refractivity contribution in [2.75, 3.05) is 30.8 Å². The monoisotopic (exact) mass is 263 g/mol. The first-order chi connectivity index (χ1) is 9.15. The van der Waals surface area contributed by atoms with Crippen molar-refractivity contribution in [3.05, 3.63) is 17.8 Å². The zero-order valence-electron chi connectivity index (χ0n) is 11.6. The number of piperidine rings is 1. The SMILES string of the molecule is CCC1CCN(c2cc(C(=O)OC)c(N)cn2)CC1. The Labute approximate surface area is 113 Å². The van der Waals surface area contributed by atoms with Gasteiger partial charge in [0.25, 0.3) is 0 Å². The summed E-state index contributed by atoms with van der Waals surface area (Å²) in [6.07, 6.45) is 5.12. The lowest BCUT2D eigenvalue weighted by molar-refractivity contribution is 0.0602. The predicted molar refractivity (Wildman–Crippen MR) is 75.2 cm³/mol. The lowest BCUT2D eigenvalue weighted by Gasteiger charge is -2.32. The molecule has 0 unspecified atom stereocenters. The van der Waals surface area contributed by atoms with Crippen LogP contribution < -0.4 is 10.6 Å². The van der Waals surface area contributed by atoms with Crippen molar-refractivity contribution in [1.29, 1.82) is 0 Å². The number of pyridine rings is 1. The molecule has 0 aliphatic carbocycles. The molecular formula is C14H21N3O2. The lowest BCUT2D eigenvalue weighted by atomic mass is 9.94. The summed E-state index contributed by atoms with van der Waals surface area (Å²) in [5.41, 5.74) is 6.51. The molecule has 1 fully saturated rings. The summed E-state index contributed by atoms with van der Waals surface area (Å²) >= 11 is 0. The van der Waals surface area contributed by atoms with Gasteiger partial charge < -0.3 is 15.4 Å². The average Bonchev–Trinajstić information content (AvgIpc) is 2.47. The van der Waals surface area contributed by atoms with Crippen LogP contribution in [0.2, 0.25) is 0 Å². The minimum atomic E-state index is -0.412. The second-order valence-corrected chi connectivity index (χ2v) is 4.96. The second-order valence-electron chi connectivity index (χ2n) is 4.96. The third kappa shape index (κ3) is 2.97. The third-order valence-corrected chi connectivity index (χ3v) is 3.84. The Bertz CT molecular complexity index is 454. The van der Waals surface area contributed by atoms with Crippen LogP contribution in [0.25, 0.3) is 0 Å². The van der Waals surface area contributed by atoms with Gasteiger partial charge in [0.1, 0.15) is 5.82 Å². The minimum Gasteiger partial charge on any atom is -0.465 e. The van der Waals surface area contributed by atoms with E-state index in [2.05, 4.69) is 16.8 Å². The van der Waals surface area contributed by atoms with Gasteiger partial charge in [-0.15, -0.1) is 0 Å². The Balaban J connectivity index is 2.15. The number of nitrogens with two attached hydrogens (primary N) is 1. The van der Waals surface area contributed by atoms with Gasteiger partial charge in [0.05, 0.1) is 24.6 Å². The molecule has 1 saturated heterocycles. The molecule has 2 heterocycles. The van der Waals surface area contributed by atoms with Crippen LogP contribution >= 0.6 is 0 Å². The van der Waals surface area contributed by atoms with Gasteiger partial charge in [-0.05, 0) is 24.8 Å². The quantitative estimate of drug-likeness (QED) is 0.846. The van der Waals surface area contributed by atoms with Crippen molar-refractivity contribution in [2.45, 2.75) is 26.2 Å². The molecule has 0 radical (unpaired) electrons. The van der Waals surface area contributed by atoms with E-state index in [0.29, 0.717) is 11.3 Å². The van der Waals surface area contributed by atoms with E-state index in [1.165, 1.54) is 32.6 Å². The maximum Gasteiger partial charge on any atom is 0.340 e. The smallest absolute Gasteiger partial charge is 0.340 e. The molecule has 5 heteroatoms. The fourth-order valence-electron chi connectivity index (χ4n) is 2.48. The highest BCUT2D eigenvalue weighted by Gasteiger charge is 2.20. The van der Waals surface area contributed by atoms with Crippen molar-refractivity contribution in [1.82, 2.24) is 4.98 Å². The summed E-state index contributed by atoms with van der Waals surface area (Å²) in [6.45, 7) is 4.20. The number of hydrogen-bond acceptors (Lipinski definition) is 5. The van der Waals surface area contributed by atoms with Gasteiger partial charge in [-0.1, -0.05) is 13.3 Å². The minimum absolute atomic E-state index is 0.360. The Morgan fingerprint density at radius 1 is 1.53 bits per heavy atom. The zero-order chi connectivity index (χ0) is 13.8. The van der Waals surface area contributed by atoms with Crippen LogP contribution in [0.4, 0.5) is 11.5 Å². The Hall–Kier alpha value is -1.78. The van der Waals surface area contributed by atoms with Crippen molar-refractivity contribution in [2.24, 2.45) is 5.92 Å².